The molecule has 0 aromatic heterocycles. The molecular formula is C4H8O4. The largest absolute Gasteiger partial charge is 0.374 e. The van der Waals surface area contributed by atoms with Gasteiger partial charge in [-0.05, 0) is 0 Å². The number of ether oxygens (including phenoxy) is 2. The van der Waals surface area contributed by atoms with Gasteiger partial charge in [0.1, 0.15) is 6.61 Å². The van der Waals surface area contributed by atoms with Crippen LogP contribution in [0.4, 0.5) is 0 Å². The summed E-state index contributed by atoms with van der Waals surface area (Å²) >= 11 is 0. The first-order valence-electron chi connectivity index (χ1n) is 2.43. The van der Waals surface area contributed by atoms with Gasteiger partial charge in [-0.25, -0.2) is 10.1 Å². The molecule has 1 N–H and O–H groups in total. The predicted molar refractivity (Wildman–Crippen MR) is 24.3 cm³/mol. The fourth-order valence-corrected chi connectivity index (χ4v) is 0.527. The molecule has 0 aromatic carbocycles. The van der Waals surface area contributed by atoms with Gasteiger partial charge in [-0.1, -0.05) is 0 Å². The first-order valence-corrected chi connectivity index (χ1v) is 2.43. The molecule has 8 heavy (non-hydrogen) atoms. The molecule has 4 heteroatoms. The Balaban J connectivity index is 2.13. The molecule has 1 saturated heterocycles. The van der Waals surface area contributed by atoms with Gasteiger partial charge in [0.2, 0.25) is 6.29 Å². The second-order valence-corrected chi connectivity index (χ2v) is 1.48. The highest BCUT2D eigenvalue weighted by Gasteiger charge is 2.13. The standard InChI is InChI=1S/C4H8O4/c5-8-4-3-6-1-2-7-4/h4-5H,1-3H2. The Morgan fingerprint density at radius 1 is 1.50 bits per heavy atom. The first-order chi connectivity index (χ1) is 3.93. The van der Waals surface area contributed by atoms with Gasteiger partial charge in [-0.15, -0.1) is 0 Å². The summed E-state index contributed by atoms with van der Waals surface area (Å²) in [5.41, 5.74) is 0. The van der Waals surface area contributed by atoms with E-state index in [-0.39, 0.29) is 0 Å². The third-order valence-electron chi connectivity index (χ3n) is 0.903. The predicted octanol–water partition coefficient (Wildman–Crippen LogP) is -0.151. The van der Waals surface area contributed by atoms with E-state index in [9.17, 15) is 0 Å². The van der Waals surface area contributed by atoms with E-state index in [0.29, 0.717) is 19.8 Å². The van der Waals surface area contributed by atoms with Gasteiger partial charge < -0.3 is 9.47 Å². The molecule has 1 rings (SSSR count). The van der Waals surface area contributed by atoms with Crippen molar-refractivity contribution < 1.29 is 19.6 Å². The highest BCUT2D eigenvalue weighted by atomic mass is 17.1. The van der Waals surface area contributed by atoms with Crippen molar-refractivity contribution in [2.24, 2.45) is 0 Å². The molecular weight excluding hydrogens is 112 g/mol. The molecule has 1 atom stereocenters. The van der Waals surface area contributed by atoms with Crippen LogP contribution in [0.3, 0.4) is 0 Å². The lowest BCUT2D eigenvalue weighted by Gasteiger charge is -2.18. The summed E-state index contributed by atoms with van der Waals surface area (Å²) < 4.78 is 9.69. The zero-order chi connectivity index (χ0) is 5.82. The topological polar surface area (TPSA) is 47.9 Å². The van der Waals surface area contributed by atoms with E-state index in [1.807, 2.05) is 0 Å². The van der Waals surface area contributed by atoms with Crippen LogP contribution in [0.2, 0.25) is 0 Å². The van der Waals surface area contributed by atoms with E-state index in [0.717, 1.165) is 0 Å². The Labute approximate surface area is 46.9 Å². The van der Waals surface area contributed by atoms with Crippen molar-refractivity contribution in [3.8, 4) is 0 Å². The highest BCUT2D eigenvalue weighted by molar-refractivity contribution is 4.44. The van der Waals surface area contributed by atoms with Crippen LogP contribution in [-0.4, -0.2) is 31.4 Å². The van der Waals surface area contributed by atoms with E-state index in [1.54, 1.807) is 0 Å². The maximum absolute atomic E-state index is 7.99. The molecule has 0 bridgehead atoms. The van der Waals surface area contributed by atoms with E-state index in [2.05, 4.69) is 4.89 Å². The Kier molecular flexibility index (Phi) is 2.23. The zero-order valence-electron chi connectivity index (χ0n) is 4.37. The Bertz CT molecular complexity index is 59.1. The lowest BCUT2D eigenvalue weighted by molar-refractivity contribution is -0.367. The molecule has 1 unspecified atom stereocenters. The molecule has 0 spiro atoms. The summed E-state index contributed by atoms with van der Waals surface area (Å²) in [5, 5.41) is 7.99. The molecule has 0 aliphatic carbocycles. The van der Waals surface area contributed by atoms with Gasteiger partial charge in [0.15, 0.2) is 0 Å². The van der Waals surface area contributed by atoms with Crippen LogP contribution in [0.1, 0.15) is 0 Å². The quantitative estimate of drug-likeness (QED) is 0.386. The van der Waals surface area contributed by atoms with Crippen LogP contribution in [-0.2, 0) is 14.4 Å². The molecule has 1 aliphatic heterocycles. The van der Waals surface area contributed by atoms with Crippen molar-refractivity contribution in [3.05, 3.63) is 0 Å². The van der Waals surface area contributed by atoms with E-state index >= 15 is 0 Å². The van der Waals surface area contributed by atoms with Crippen molar-refractivity contribution >= 4 is 0 Å². The normalized spacial score (nSPS) is 30.4. The van der Waals surface area contributed by atoms with Crippen molar-refractivity contribution in [3.63, 3.8) is 0 Å². The molecule has 0 radical (unpaired) electrons. The van der Waals surface area contributed by atoms with E-state index in [4.69, 9.17) is 14.7 Å². The average Bonchev–Trinajstić information content (AvgIpc) is 1.90. The first kappa shape index (κ1) is 5.97. The highest BCUT2D eigenvalue weighted by Crippen LogP contribution is 1.98. The molecule has 1 heterocycles. The average molecular weight is 120 g/mol. The molecule has 4 nitrogen and oxygen atoms in total. The Morgan fingerprint density at radius 3 is 2.75 bits per heavy atom. The lowest BCUT2D eigenvalue weighted by Crippen LogP contribution is -2.29. The third-order valence-corrected chi connectivity index (χ3v) is 0.903. The monoisotopic (exact) mass is 120 g/mol. The lowest BCUT2D eigenvalue weighted by atomic mass is 10.6. The fraction of sp³-hybridized carbons (Fsp3) is 1.00. The van der Waals surface area contributed by atoms with Gasteiger partial charge in [-0.3, -0.25) is 0 Å². The van der Waals surface area contributed by atoms with Crippen LogP contribution < -0.4 is 0 Å². The Hall–Kier alpha value is -0.160. The minimum atomic E-state index is -0.580. The van der Waals surface area contributed by atoms with Gasteiger partial charge >= 0.3 is 0 Å². The summed E-state index contributed by atoms with van der Waals surface area (Å²) in [4.78, 5) is 3.84. The van der Waals surface area contributed by atoms with Gasteiger partial charge in [0, 0.05) is 0 Å². The van der Waals surface area contributed by atoms with Crippen LogP contribution in [0, 0.1) is 0 Å². The summed E-state index contributed by atoms with van der Waals surface area (Å²) in [6.45, 7) is 1.39. The minimum absolute atomic E-state index is 0.316. The van der Waals surface area contributed by atoms with Crippen LogP contribution in [0.25, 0.3) is 0 Å². The van der Waals surface area contributed by atoms with Gasteiger partial charge in [0.05, 0.1) is 13.2 Å². The molecule has 0 amide bonds. The molecule has 1 aliphatic rings. The molecule has 1 fully saturated rings. The summed E-state index contributed by atoms with van der Waals surface area (Å²) in [5.74, 6) is 0. The number of hydrogen-bond donors (Lipinski definition) is 1. The van der Waals surface area contributed by atoms with Crippen LogP contribution in [0.5, 0.6) is 0 Å². The van der Waals surface area contributed by atoms with E-state index in [1.165, 1.54) is 0 Å². The second kappa shape index (κ2) is 2.99. The van der Waals surface area contributed by atoms with Crippen LogP contribution >= 0.6 is 0 Å². The van der Waals surface area contributed by atoms with Gasteiger partial charge in [-0.2, -0.15) is 0 Å². The number of rotatable bonds is 1. The maximum Gasteiger partial charge on any atom is 0.214 e. The zero-order valence-corrected chi connectivity index (χ0v) is 4.37. The summed E-state index contributed by atoms with van der Waals surface area (Å²) in [6, 6.07) is 0. The second-order valence-electron chi connectivity index (χ2n) is 1.48. The molecule has 0 saturated carbocycles. The third kappa shape index (κ3) is 1.41. The molecule has 0 aromatic rings. The van der Waals surface area contributed by atoms with Crippen molar-refractivity contribution in [2.45, 2.75) is 6.29 Å². The summed E-state index contributed by atoms with van der Waals surface area (Å²) in [7, 11) is 0. The fourth-order valence-electron chi connectivity index (χ4n) is 0.527. The van der Waals surface area contributed by atoms with E-state index < -0.39 is 6.29 Å². The minimum Gasteiger partial charge on any atom is -0.374 e. The summed E-state index contributed by atoms with van der Waals surface area (Å²) in [6.07, 6.45) is -0.580. The van der Waals surface area contributed by atoms with Crippen molar-refractivity contribution in [1.29, 1.82) is 0 Å². The van der Waals surface area contributed by atoms with Crippen molar-refractivity contribution in [1.82, 2.24) is 0 Å². The smallest absolute Gasteiger partial charge is 0.214 e. The maximum atomic E-state index is 7.99. The SMILES string of the molecule is OOC1COCCO1. The van der Waals surface area contributed by atoms with Crippen LogP contribution in [0.15, 0.2) is 0 Å². The van der Waals surface area contributed by atoms with Crippen molar-refractivity contribution in [2.75, 3.05) is 19.8 Å². The Morgan fingerprint density at radius 2 is 2.38 bits per heavy atom. The molecule has 48 valence electrons. The van der Waals surface area contributed by atoms with Gasteiger partial charge in [0.25, 0.3) is 0 Å². The number of hydrogen-bond acceptors (Lipinski definition) is 4.